The summed E-state index contributed by atoms with van der Waals surface area (Å²) in [6, 6.07) is 24.6. The maximum atomic E-state index is 14.3. The quantitative estimate of drug-likeness (QED) is 0.204. The number of hydrogen-bond donors (Lipinski definition) is 1. The molecule has 240 valence electrons. The number of carboxylic acids is 1. The summed E-state index contributed by atoms with van der Waals surface area (Å²) in [5.41, 5.74) is 2.35. The number of benzene rings is 3. The van der Waals surface area contributed by atoms with E-state index in [0.29, 0.717) is 58.9 Å². The third-order valence-electron chi connectivity index (χ3n) is 8.13. The normalized spacial score (nSPS) is 16.8. The molecule has 0 bridgehead atoms. The van der Waals surface area contributed by atoms with Crippen LogP contribution in [0, 0.1) is 0 Å². The van der Waals surface area contributed by atoms with Crippen molar-refractivity contribution >= 4 is 40.9 Å². The standard InChI is InChI=1S/C36H38N2O7S/c1-2-37(28-16-10-5-11-17-28)35(42)33(27-14-8-4-9-15-27)45-30-22-26(23-31-34(41)38(24-32(39)40)36(43)46-31)18-19-29(30)44-21-20-25-12-6-3-7-13-25/h3-4,6-9,12-15,18-19,22-23,28,33H,2,5,10-11,16-17,20-21,24H2,1H3,(H,39,40)/b31-23-. The molecule has 1 aliphatic heterocycles. The van der Waals surface area contributed by atoms with Crippen LogP contribution in [0.1, 0.15) is 61.8 Å². The van der Waals surface area contributed by atoms with Crippen molar-refractivity contribution < 1.29 is 33.8 Å². The second kappa shape index (κ2) is 15.6. The summed E-state index contributed by atoms with van der Waals surface area (Å²) in [4.78, 5) is 53.4. The van der Waals surface area contributed by atoms with Crippen molar-refractivity contribution in [2.24, 2.45) is 0 Å². The minimum Gasteiger partial charge on any atom is -0.489 e. The van der Waals surface area contributed by atoms with E-state index in [1.165, 1.54) is 12.5 Å². The number of rotatable bonds is 13. The number of carbonyl (C=O) groups excluding carboxylic acids is 3. The number of imide groups is 1. The Bertz CT molecular complexity index is 1570. The second-order valence-corrected chi connectivity index (χ2v) is 12.3. The first-order valence-corrected chi connectivity index (χ1v) is 16.5. The van der Waals surface area contributed by atoms with Crippen molar-refractivity contribution in [2.75, 3.05) is 19.7 Å². The molecule has 3 aromatic rings. The highest BCUT2D eigenvalue weighted by atomic mass is 32.2. The van der Waals surface area contributed by atoms with Gasteiger partial charge in [-0.2, -0.15) is 0 Å². The molecule has 2 fully saturated rings. The zero-order chi connectivity index (χ0) is 32.5. The van der Waals surface area contributed by atoms with Crippen molar-refractivity contribution in [1.82, 2.24) is 9.80 Å². The summed E-state index contributed by atoms with van der Waals surface area (Å²) in [5, 5.41) is 8.48. The van der Waals surface area contributed by atoms with Crippen LogP contribution in [0.5, 0.6) is 11.5 Å². The van der Waals surface area contributed by atoms with Crippen LogP contribution in [0.3, 0.4) is 0 Å². The fourth-order valence-corrected chi connectivity index (χ4v) is 6.66. The van der Waals surface area contributed by atoms with Gasteiger partial charge in [-0.05, 0) is 60.9 Å². The summed E-state index contributed by atoms with van der Waals surface area (Å²) in [6.45, 7) is 2.20. The fraction of sp³-hybridized carbons (Fsp3) is 0.333. The van der Waals surface area contributed by atoms with Gasteiger partial charge in [-0.25, -0.2) is 0 Å². The number of amides is 3. The number of hydrogen-bond acceptors (Lipinski definition) is 7. The maximum Gasteiger partial charge on any atom is 0.323 e. The zero-order valence-electron chi connectivity index (χ0n) is 25.8. The van der Waals surface area contributed by atoms with Crippen LogP contribution < -0.4 is 9.47 Å². The molecule has 1 unspecified atom stereocenters. The monoisotopic (exact) mass is 642 g/mol. The van der Waals surface area contributed by atoms with Gasteiger partial charge in [0.05, 0.1) is 11.5 Å². The van der Waals surface area contributed by atoms with Gasteiger partial charge < -0.3 is 19.5 Å². The van der Waals surface area contributed by atoms with E-state index in [-0.39, 0.29) is 16.9 Å². The first-order valence-electron chi connectivity index (χ1n) is 15.6. The van der Waals surface area contributed by atoms with Crippen LogP contribution in [-0.2, 0) is 20.8 Å². The molecule has 1 atom stereocenters. The highest BCUT2D eigenvalue weighted by Gasteiger charge is 2.37. The van der Waals surface area contributed by atoms with Gasteiger partial charge in [-0.15, -0.1) is 0 Å². The van der Waals surface area contributed by atoms with Gasteiger partial charge in [0.1, 0.15) is 6.54 Å². The summed E-state index contributed by atoms with van der Waals surface area (Å²) < 4.78 is 12.8. The van der Waals surface area contributed by atoms with E-state index in [9.17, 15) is 19.2 Å². The number of likely N-dealkylation sites (N-methyl/N-ethyl adjacent to an activating group) is 1. The van der Waals surface area contributed by atoms with Gasteiger partial charge >= 0.3 is 5.97 Å². The summed E-state index contributed by atoms with van der Waals surface area (Å²) in [6.07, 6.45) is 6.50. The number of nitrogens with zero attached hydrogens (tertiary/aromatic N) is 2. The topological polar surface area (TPSA) is 113 Å². The van der Waals surface area contributed by atoms with Crippen LogP contribution >= 0.6 is 11.8 Å². The molecular weight excluding hydrogens is 604 g/mol. The minimum atomic E-state index is -1.28. The molecular formula is C36H38N2O7S. The van der Waals surface area contributed by atoms with E-state index in [0.717, 1.165) is 31.2 Å². The molecule has 0 spiro atoms. The fourth-order valence-electron chi connectivity index (χ4n) is 5.83. The number of carbonyl (C=O) groups is 4. The highest BCUT2D eigenvalue weighted by molar-refractivity contribution is 8.18. The van der Waals surface area contributed by atoms with Gasteiger partial charge in [0, 0.05) is 24.6 Å². The third kappa shape index (κ3) is 8.17. The van der Waals surface area contributed by atoms with Crippen molar-refractivity contribution in [3.05, 3.63) is 100 Å². The molecule has 3 amide bonds. The Kier molecular flexibility index (Phi) is 11.1. The predicted molar refractivity (Wildman–Crippen MR) is 176 cm³/mol. The highest BCUT2D eigenvalue weighted by Crippen LogP contribution is 2.37. The molecule has 1 saturated carbocycles. The van der Waals surface area contributed by atoms with E-state index in [4.69, 9.17) is 14.6 Å². The molecule has 0 aromatic heterocycles. The zero-order valence-corrected chi connectivity index (χ0v) is 26.6. The number of carboxylic acid groups (broad SMARTS) is 1. The Hall–Kier alpha value is -4.57. The van der Waals surface area contributed by atoms with Crippen molar-refractivity contribution in [2.45, 2.75) is 57.6 Å². The first-order chi connectivity index (χ1) is 22.3. The van der Waals surface area contributed by atoms with E-state index < -0.39 is 29.8 Å². The second-order valence-electron chi connectivity index (χ2n) is 11.3. The van der Waals surface area contributed by atoms with Gasteiger partial charge in [0.15, 0.2) is 11.5 Å². The Morgan fingerprint density at radius 2 is 1.67 bits per heavy atom. The summed E-state index contributed by atoms with van der Waals surface area (Å²) in [7, 11) is 0. The molecule has 10 heteroatoms. The van der Waals surface area contributed by atoms with Gasteiger partial charge in [-0.1, -0.05) is 86.0 Å². The lowest BCUT2D eigenvalue weighted by Crippen LogP contribution is -2.45. The average molecular weight is 643 g/mol. The average Bonchev–Trinajstić information content (AvgIpc) is 3.32. The van der Waals surface area contributed by atoms with E-state index in [2.05, 4.69) is 0 Å². The lowest BCUT2D eigenvalue weighted by molar-refractivity contribution is -0.142. The molecule has 5 rings (SSSR count). The predicted octanol–water partition coefficient (Wildman–Crippen LogP) is 6.73. The third-order valence-corrected chi connectivity index (χ3v) is 9.04. The Morgan fingerprint density at radius 1 is 0.978 bits per heavy atom. The molecule has 1 N–H and O–H groups in total. The van der Waals surface area contributed by atoms with E-state index >= 15 is 0 Å². The molecule has 0 radical (unpaired) electrons. The summed E-state index contributed by atoms with van der Waals surface area (Å²) in [5.74, 6) is -1.33. The Balaban J connectivity index is 1.47. The van der Waals surface area contributed by atoms with Crippen LogP contribution in [0.25, 0.3) is 6.08 Å². The van der Waals surface area contributed by atoms with E-state index in [1.54, 1.807) is 18.2 Å². The molecule has 9 nitrogen and oxygen atoms in total. The molecule has 1 heterocycles. The smallest absolute Gasteiger partial charge is 0.323 e. The molecule has 3 aromatic carbocycles. The number of ether oxygens (including phenoxy) is 2. The molecule has 46 heavy (non-hydrogen) atoms. The summed E-state index contributed by atoms with van der Waals surface area (Å²) >= 11 is 0.681. The maximum absolute atomic E-state index is 14.3. The van der Waals surface area contributed by atoms with E-state index in [1.807, 2.05) is 72.5 Å². The number of aliphatic carboxylic acids is 1. The van der Waals surface area contributed by atoms with Crippen molar-refractivity contribution in [3.8, 4) is 11.5 Å². The Labute approximate surface area is 273 Å². The van der Waals surface area contributed by atoms with Crippen LogP contribution in [0.4, 0.5) is 4.79 Å². The lowest BCUT2D eigenvalue weighted by Gasteiger charge is -2.36. The molecule has 1 saturated heterocycles. The first kappa shape index (κ1) is 32.8. The number of thioether (sulfide) groups is 1. The van der Waals surface area contributed by atoms with Gasteiger partial charge in [-0.3, -0.25) is 24.1 Å². The van der Waals surface area contributed by atoms with Gasteiger partial charge in [0.25, 0.3) is 17.1 Å². The van der Waals surface area contributed by atoms with Gasteiger partial charge in [0.2, 0.25) is 6.10 Å². The van der Waals surface area contributed by atoms with Crippen LogP contribution in [-0.4, -0.2) is 63.7 Å². The lowest BCUT2D eigenvalue weighted by atomic mass is 9.93. The molecule has 1 aliphatic carbocycles. The largest absolute Gasteiger partial charge is 0.489 e. The van der Waals surface area contributed by atoms with Crippen molar-refractivity contribution in [1.29, 1.82) is 0 Å². The SMILES string of the molecule is CCN(C(=O)C(Oc1cc(/C=C2\SC(=O)N(CC(=O)O)C2=O)ccc1OCCc1ccccc1)c1ccccc1)C1CCCCC1. The van der Waals surface area contributed by atoms with Crippen LogP contribution in [0.15, 0.2) is 83.8 Å². The molecule has 2 aliphatic rings. The minimum absolute atomic E-state index is 0.0973. The Morgan fingerprint density at radius 3 is 2.35 bits per heavy atom. The van der Waals surface area contributed by atoms with Crippen molar-refractivity contribution in [3.63, 3.8) is 0 Å². The van der Waals surface area contributed by atoms with Crippen LogP contribution in [0.2, 0.25) is 0 Å².